The van der Waals surface area contributed by atoms with Crippen molar-refractivity contribution >= 4 is 26.8 Å². The Morgan fingerprint density at radius 3 is 2.52 bits per heavy atom. The molecule has 0 fully saturated rings. The van der Waals surface area contributed by atoms with Gasteiger partial charge < -0.3 is 5.32 Å². The minimum absolute atomic E-state index is 0.105. The van der Waals surface area contributed by atoms with Crippen LogP contribution in [-0.4, -0.2) is 26.4 Å². The van der Waals surface area contributed by atoms with Crippen LogP contribution >= 0.6 is 0 Å². The van der Waals surface area contributed by atoms with Gasteiger partial charge >= 0.3 is 0 Å². The Balaban J connectivity index is 1.75. The predicted molar refractivity (Wildman–Crippen MR) is 95.6 cm³/mol. The molecule has 0 saturated heterocycles. The highest BCUT2D eigenvalue weighted by Crippen LogP contribution is 2.14. The molecule has 0 spiro atoms. The van der Waals surface area contributed by atoms with Crippen molar-refractivity contribution in [2.24, 2.45) is 0 Å². The highest BCUT2D eigenvalue weighted by Gasteiger charge is 2.14. The largest absolute Gasteiger partial charge is 0.355 e. The van der Waals surface area contributed by atoms with Crippen molar-refractivity contribution in [3.63, 3.8) is 0 Å². The van der Waals surface area contributed by atoms with Gasteiger partial charge in [-0.05, 0) is 42.0 Å². The summed E-state index contributed by atoms with van der Waals surface area (Å²) in [6.45, 7) is 0.136. The maximum atomic E-state index is 12.4. The molecule has 0 radical (unpaired) electrons. The highest BCUT2D eigenvalue weighted by molar-refractivity contribution is 7.89. The lowest BCUT2D eigenvalue weighted by molar-refractivity contribution is 0.0963. The van der Waals surface area contributed by atoms with Crippen molar-refractivity contribution in [1.82, 2.24) is 15.0 Å². The Bertz CT molecular complexity index is 1020. The average molecular weight is 355 g/mol. The number of para-hydroxylation sites is 1. The van der Waals surface area contributed by atoms with Gasteiger partial charge in [0.1, 0.15) is 0 Å². The number of rotatable bonds is 5. The predicted octanol–water partition coefficient (Wildman–Crippen LogP) is 2.07. The van der Waals surface area contributed by atoms with E-state index in [2.05, 4.69) is 15.0 Å². The van der Waals surface area contributed by atoms with E-state index in [0.29, 0.717) is 5.56 Å². The molecule has 25 heavy (non-hydrogen) atoms. The number of carbonyl (C=O) groups is 1. The van der Waals surface area contributed by atoms with Crippen LogP contribution in [0.4, 0.5) is 0 Å². The molecule has 3 aromatic rings. The van der Waals surface area contributed by atoms with Crippen molar-refractivity contribution < 1.29 is 13.2 Å². The fourth-order valence-electron chi connectivity index (χ4n) is 2.40. The summed E-state index contributed by atoms with van der Waals surface area (Å²) < 4.78 is 27.3. The van der Waals surface area contributed by atoms with E-state index in [-0.39, 0.29) is 17.3 Å². The third-order valence-corrected chi connectivity index (χ3v) is 5.18. The quantitative estimate of drug-likeness (QED) is 0.733. The van der Waals surface area contributed by atoms with Crippen LogP contribution in [0.15, 0.2) is 65.7 Å². The second kappa shape index (κ2) is 7.00. The summed E-state index contributed by atoms with van der Waals surface area (Å²) in [5.74, 6) is -0.265. The molecule has 0 aliphatic heterocycles. The number of pyridine rings is 1. The van der Waals surface area contributed by atoms with Crippen LogP contribution in [0.1, 0.15) is 15.9 Å². The number of carbonyl (C=O) groups excluding carboxylic acids is 1. The van der Waals surface area contributed by atoms with Gasteiger partial charge in [-0.15, -0.1) is 0 Å². The molecule has 0 unspecified atom stereocenters. The van der Waals surface area contributed by atoms with E-state index in [1.807, 2.05) is 30.3 Å². The second-order valence-corrected chi connectivity index (χ2v) is 7.23. The van der Waals surface area contributed by atoms with E-state index in [4.69, 9.17) is 0 Å². The topological polar surface area (TPSA) is 88.2 Å². The van der Waals surface area contributed by atoms with Gasteiger partial charge in [0.15, 0.2) is 0 Å². The van der Waals surface area contributed by atoms with Gasteiger partial charge in [0.25, 0.3) is 5.91 Å². The Labute approximate surface area is 146 Å². The number of benzene rings is 2. The summed E-state index contributed by atoms with van der Waals surface area (Å²) >= 11 is 0. The Morgan fingerprint density at radius 2 is 1.80 bits per heavy atom. The van der Waals surface area contributed by atoms with Crippen molar-refractivity contribution in [2.45, 2.75) is 11.4 Å². The Morgan fingerprint density at radius 1 is 1.08 bits per heavy atom. The number of fused-ring (bicyclic) bond motifs is 1. The van der Waals surface area contributed by atoms with Crippen LogP contribution in [-0.2, 0) is 16.6 Å². The number of aromatic nitrogens is 1. The molecule has 128 valence electrons. The minimum Gasteiger partial charge on any atom is -0.355 e. The first-order valence-corrected chi connectivity index (χ1v) is 9.13. The van der Waals surface area contributed by atoms with Crippen LogP contribution in [0.2, 0.25) is 0 Å². The SMILES string of the molecule is CNC(=O)c1ccc(S(=O)(=O)NCc2cnc3ccccc3c2)cc1. The zero-order valence-electron chi connectivity index (χ0n) is 13.6. The lowest BCUT2D eigenvalue weighted by Gasteiger charge is -2.08. The second-order valence-electron chi connectivity index (χ2n) is 5.46. The summed E-state index contributed by atoms with van der Waals surface area (Å²) in [7, 11) is -2.15. The number of sulfonamides is 1. The lowest BCUT2D eigenvalue weighted by Crippen LogP contribution is -2.23. The van der Waals surface area contributed by atoms with Gasteiger partial charge in [-0.2, -0.15) is 0 Å². The number of amides is 1. The van der Waals surface area contributed by atoms with Crippen LogP contribution in [0.5, 0.6) is 0 Å². The normalized spacial score (nSPS) is 11.4. The summed E-state index contributed by atoms with van der Waals surface area (Å²) in [5, 5.41) is 3.44. The van der Waals surface area contributed by atoms with Gasteiger partial charge in [0.05, 0.1) is 10.4 Å². The molecular weight excluding hydrogens is 338 g/mol. The molecule has 1 heterocycles. The summed E-state index contributed by atoms with van der Waals surface area (Å²) in [4.78, 5) is 15.9. The zero-order valence-corrected chi connectivity index (χ0v) is 14.4. The highest BCUT2D eigenvalue weighted by atomic mass is 32.2. The van der Waals surface area contributed by atoms with Gasteiger partial charge in [-0.3, -0.25) is 9.78 Å². The van der Waals surface area contributed by atoms with Crippen molar-refractivity contribution in [1.29, 1.82) is 0 Å². The van der Waals surface area contributed by atoms with Gasteiger partial charge in [-0.1, -0.05) is 18.2 Å². The third-order valence-electron chi connectivity index (χ3n) is 3.77. The number of nitrogens with zero attached hydrogens (tertiary/aromatic N) is 1. The van der Waals surface area contributed by atoms with Gasteiger partial charge in [-0.25, -0.2) is 13.1 Å². The van der Waals surface area contributed by atoms with Gasteiger partial charge in [0.2, 0.25) is 10.0 Å². The molecule has 7 heteroatoms. The number of hydrogen-bond donors (Lipinski definition) is 2. The maximum Gasteiger partial charge on any atom is 0.251 e. The van der Waals surface area contributed by atoms with Crippen LogP contribution in [0.25, 0.3) is 10.9 Å². The lowest BCUT2D eigenvalue weighted by atomic mass is 10.2. The molecule has 0 bridgehead atoms. The van der Waals surface area contributed by atoms with Crippen molar-refractivity contribution in [3.05, 3.63) is 71.9 Å². The van der Waals surface area contributed by atoms with E-state index >= 15 is 0 Å². The first-order valence-electron chi connectivity index (χ1n) is 7.65. The van der Waals surface area contributed by atoms with E-state index in [1.165, 1.54) is 31.3 Å². The zero-order chi connectivity index (χ0) is 17.9. The molecule has 1 aromatic heterocycles. The first kappa shape index (κ1) is 17.1. The average Bonchev–Trinajstić information content (AvgIpc) is 2.65. The maximum absolute atomic E-state index is 12.4. The smallest absolute Gasteiger partial charge is 0.251 e. The summed E-state index contributed by atoms with van der Waals surface area (Å²) in [6, 6.07) is 15.3. The Kier molecular flexibility index (Phi) is 4.78. The molecule has 0 atom stereocenters. The minimum atomic E-state index is -3.67. The van der Waals surface area contributed by atoms with Crippen molar-refractivity contribution in [2.75, 3.05) is 7.05 Å². The van der Waals surface area contributed by atoms with E-state index in [9.17, 15) is 13.2 Å². The monoisotopic (exact) mass is 355 g/mol. The van der Waals surface area contributed by atoms with Crippen LogP contribution < -0.4 is 10.0 Å². The number of nitrogens with one attached hydrogen (secondary N) is 2. The summed E-state index contributed by atoms with van der Waals surface area (Å²) in [6.07, 6.45) is 1.65. The molecule has 6 nitrogen and oxygen atoms in total. The molecule has 0 aliphatic carbocycles. The fraction of sp³-hybridized carbons (Fsp3) is 0.111. The molecule has 0 aliphatic rings. The van der Waals surface area contributed by atoms with E-state index in [0.717, 1.165) is 16.5 Å². The third kappa shape index (κ3) is 3.84. The summed E-state index contributed by atoms with van der Waals surface area (Å²) in [5.41, 5.74) is 2.03. The number of hydrogen-bond acceptors (Lipinski definition) is 4. The fourth-order valence-corrected chi connectivity index (χ4v) is 3.42. The van der Waals surface area contributed by atoms with Crippen LogP contribution in [0, 0.1) is 0 Å². The molecule has 1 amide bonds. The first-order chi connectivity index (χ1) is 12.0. The van der Waals surface area contributed by atoms with Gasteiger partial charge in [0, 0.05) is 30.7 Å². The van der Waals surface area contributed by atoms with Crippen molar-refractivity contribution in [3.8, 4) is 0 Å². The molecule has 0 saturated carbocycles. The van der Waals surface area contributed by atoms with Crippen LogP contribution in [0.3, 0.4) is 0 Å². The molecular formula is C18H17N3O3S. The standard InChI is InChI=1S/C18H17N3O3S/c1-19-18(22)14-6-8-16(9-7-14)25(23,24)21-12-13-10-15-4-2-3-5-17(15)20-11-13/h2-11,21H,12H2,1H3,(H,19,22). The molecule has 3 rings (SSSR count). The molecule has 2 aromatic carbocycles. The van der Waals surface area contributed by atoms with E-state index < -0.39 is 10.0 Å². The Hall–Kier alpha value is -2.77. The molecule has 2 N–H and O–H groups in total. The van der Waals surface area contributed by atoms with E-state index in [1.54, 1.807) is 6.20 Å².